The van der Waals surface area contributed by atoms with Gasteiger partial charge in [0.05, 0.1) is 0 Å². The first-order chi connectivity index (χ1) is 7.19. The molecule has 1 heteroatoms. The van der Waals surface area contributed by atoms with Gasteiger partial charge in [0, 0.05) is 3.92 Å². The van der Waals surface area contributed by atoms with Crippen molar-refractivity contribution in [2.24, 2.45) is 17.3 Å². The van der Waals surface area contributed by atoms with Gasteiger partial charge in [-0.2, -0.15) is 0 Å². The molecule has 2 aliphatic carbocycles. The van der Waals surface area contributed by atoms with E-state index in [1.54, 1.807) is 12.8 Å². The van der Waals surface area contributed by atoms with Crippen molar-refractivity contribution in [1.82, 2.24) is 0 Å². The van der Waals surface area contributed by atoms with Crippen molar-refractivity contribution in [2.45, 2.75) is 69.1 Å². The van der Waals surface area contributed by atoms with E-state index in [1.165, 1.54) is 38.5 Å². The number of alkyl halides is 1. The van der Waals surface area contributed by atoms with Crippen molar-refractivity contribution in [3.63, 3.8) is 0 Å². The molecular formula is C14H25I. The number of rotatable bonds is 4. The molecule has 15 heavy (non-hydrogen) atoms. The second-order valence-electron chi connectivity index (χ2n) is 5.87. The summed E-state index contributed by atoms with van der Waals surface area (Å²) in [7, 11) is 0. The Labute approximate surface area is 109 Å². The van der Waals surface area contributed by atoms with Gasteiger partial charge in [0.2, 0.25) is 0 Å². The monoisotopic (exact) mass is 320 g/mol. The quantitative estimate of drug-likeness (QED) is 0.493. The molecule has 0 nitrogen and oxygen atoms in total. The van der Waals surface area contributed by atoms with E-state index in [0.29, 0.717) is 0 Å². The van der Waals surface area contributed by atoms with E-state index in [4.69, 9.17) is 0 Å². The van der Waals surface area contributed by atoms with E-state index in [0.717, 1.165) is 21.2 Å². The van der Waals surface area contributed by atoms with Gasteiger partial charge in [-0.1, -0.05) is 49.3 Å². The van der Waals surface area contributed by atoms with Crippen molar-refractivity contribution in [2.75, 3.05) is 0 Å². The Kier molecular flexibility index (Phi) is 4.01. The molecule has 1 unspecified atom stereocenters. The molecule has 0 spiro atoms. The molecule has 1 atom stereocenters. The third-order valence-corrected chi connectivity index (χ3v) is 6.25. The first kappa shape index (κ1) is 12.2. The molecule has 0 heterocycles. The van der Waals surface area contributed by atoms with E-state index >= 15 is 0 Å². The van der Waals surface area contributed by atoms with Crippen molar-refractivity contribution >= 4 is 22.6 Å². The molecule has 2 rings (SSSR count). The van der Waals surface area contributed by atoms with Gasteiger partial charge in [0.1, 0.15) is 0 Å². The van der Waals surface area contributed by atoms with Crippen LogP contribution in [0.5, 0.6) is 0 Å². The Morgan fingerprint density at radius 3 is 2.27 bits per heavy atom. The molecule has 88 valence electrons. The first-order valence-electron chi connectivity index (χ1n) is 6.83. The van der Waals surface area contributed by atoms with Gasteiger partial charge in [-0.05, 0) is 55.8 Å². The molecule has 0 N–H and O–H groups in total. The predicted molar refractivity (Wildman–Crippen MR) is 75.5 cm³/mol. The SMILES string of the molecule is CCCC(C)C1(C2CCC(I)CC2)CC1. The minimum Gasteiger partial charge on any atom is -0.0826 e. The normalized spacial score (nSPS) is 36.2. The molecular weight excluding hydrogens is 295 g/mol. The lowest BCUT2D eigenvalue weighted by atomic mass is 9.71. The summed E-state index contributed by atoms with van der Waals surface area (Å²) in [5, 5.41) is 0. The third kappa shape index (κ3) is 2.53. The summed E-state index contributed by atoms with van der Waals surface area (Å²) in [4.78, 5) is 0. The first-order valence-corrected chi connectivity index (χ1v) is 8.07. The number of halogens is 1. The van der Waals surface area contributed by atoms with Crippen LogP contribution in [0.4, 0.5) is 0 Å². The smallest absolute Gasteiger partial charge is 0.0110 e. The van der Waals surface area contributed by atoms with Crippen LogP contribution in [0.25, 0.3) is 0 Å². The summed E-state index contributed by atoms with van der Waals surface area (Å²) < 4.78 is 0.983. The predicted octanol–water partition coefficient (Wildman–Crippen LogP) is 5.20. The highest BCUT2D eigenvalue weighted by molar-refractivity contribution is 14.1. The lowest BCUT2D eigenvalue weighted by Gasteiger charge is -2.36. The summed E-state index contributed by atoms with van der Waals surface area (Å²) >= 11 is 2.65. The molecule has 0 bridgehead atoms. The summed E-state index contributed by atoms with van der Waals surface area (Å²) in [6.45, 7) is 4.86. The van der Waals surface area contributed by atoms with Crippen LogP contribution in [0.1, 0.15) is 65.2 Å². The molecule has 0 saturated heterocycles. The average Bonchev–Trinajstić information content (AvgIpc) is 3.00. The second kappa shape index (κ2) is 4.93. The minimum absolute atomic E-state index is 0.812. The molecule has 0 aromatic rings. The van der Waals surface area contributed by atoms with Crippen LogP contribution in [0.2, 0.25) is 0 Å². The van der Waals surface area contributed by atoms with Crippen LogP contribution in [0, 0.1) is 17.3 Å². The van der Waals surface area contributed by atoms with Gasteiger partial charge in [0.15, 0.2) is 0 Å². The van der Waals surface area contributed by atoms with Crippen LogP contribution in [0.15, 0.2) is 0 Å². The van der Waals surface area contributed by atoms with E-state index in [-0.39, 0.29) is 0 Å². The zero-order valence-electron chi connectivity index (χ0n) is 10.3. The maximum atomic E-state index is 2.65. The fraction of sp³-hybridized carbons (Fsp3) is 1.00. The largest absolute Gasteiger partial charge is 0.0826 e. The Hall–Kier alpha value is 0.730. The lowest BCUT2D eigenvalue weighted by molar-refractivity contribution is 0.158. The number of hydrogen-bond acceptors (Lipinski definition) is 0. The average molecular weight is 320 g/mol. The van der Waals surface area contributed by atoms with Gasteiger partial charge in [0.25, 0.3) is 0 Å². The standard InChI is InChI=1S/C14H25I/c1-3-4-11(2)14(9-10-14)12-5-7-13(15)8-6-12/h11-13H,3-10H2,1-2H3. The highest BCUT2D eigenvalue weighted by atomic mass is 127. The van der Waals surface area contributed by atoms with Crippen LogP contribution >= 0.6 is 22.6 Å². The summed E-state index contributed by atoms with van der Waals surface area (Å²) in [6, 6.07) is 0. The Morgan fingerprint density at radius 2 is 1.80 bits per heavy atom. The van der Waals surface area contributed by atoms with Gasteiger partial charge < -0.3 is 0 Å². The van der Waals surface area contributed by atoms with Crippen molar-refractivity contribution in [3.8, 4) is 0 Å². The number of hydrogen-bond donors (Lipinski definition) is 0. The third-order valence-electron chi connectivity index (χ3n) is 5.00. The van der Waals surface area contributed by atoms with Gasteiger partial charge in [-0.15, -0.1) is 0 Å². The highest BCUT2D eigenvalue weighted by Crippen LogP contribution is 2.62. The van der Waals surface area contributed by atoms with Crippen molar-refractivity contribution < 1.29 is 0 Å². The topological polar surface area (TPSA) is 0 Å². The van der Waals surface area contributed by atoms with Crippen LogP contribution < -0.4 is 0 Å². The maximum Gasteiger partial charge on any atom is 0.0110 e. The van der Waals surface area contributed by atoms with Gasteiger partial charge in [-0.3, -0.25) is 0 Å². The zero-order valence-corrected chi connectivity index (χ0v) is 12.4. The zero-order chi connectivity index (χ0) is 10.9. The maximum absolute atomic E-state index is 2.65. The summed E-state index contributed by atoms with van der Waals surface area (Å²) in [6.07, 6.45) is 12.0. The fourth-order valence-corrected chi connectivity index (χ4v) is 4.52. The van der Waals surface area contributed by atoms with Gasteiger partial charge >= 0.3 is 0 Å². The van der Waals surface area contributed by atoms with Crippen molar-refractivity contribution in [1.29, 1.82) is 0 Å². The Morgan fingerprint density at radius 1 is 1.20 bits per heavy atom. The van der Waals surface area contributed by atoms with E-state index in [9.17, 15) is 0 Å². The second-order valence-corrected chi connectivity index (χ2v) is 7.63. The van der Waals surface area contributed by atoms with Crippen LogP contribution in [-0.2, 0) is 0 Å². The lowest BCUT2D eigenvalue weighted by Crippen LogP contribution is -2.27. The van der Waals surface area contributed by atoms with Crippen molar-refractivity contribution in [3.05, 3.63) is 0 Å². The molecule has 0 aromatic carbocycles. The molecule has 0 radical (unpaired) electrons. The molecule has 0 aromatic heterocycles. The van der Waals surface area contributed by atoms with Gasteiger partial charge in [-0.25, -0.2) is 0 Å². The van der Waals surface area contributed by atoms with E-state index < -0.39 is 0 Å². The summed E-state index contributed by atoms with van der Waals surface area (Å²) in [5.74, 6) is 2.09. The Bertz CT molecular complexity index is 199. The van der Waals surface area contributed by atoms with Crippen LogP contribution in [0.3, 0.4) is 0 Å². The molecule has 0 amide bonds. The molecule has 2 fully saturated rings. The van der Waals surface area contributed by atoms with Crippen LogP contribution in [-0.4, -0.2) is 3.92 Å². The van der Waals surface area contributed by atoms with E-state index in [2.05, 4.69) is 36.4 Å². The fourth-order valence-electron chi connectivity index (χ4n) is 3.80. The summed E-state index contributed by atoms with van der Waals surface area (Å²) in [5.41, 5.74) is 0.812. The molecule has 2 saturated carbocycles. The van der Waals surface area contributed by atoms with E-state index in [1.807, 2.05) is 0 Å². The Balaban J connectivity index is 1.91. The minimum atomic E-state index is 0.812. The molecule has 0 aliphatic heterocycles. The molecule has 2 aliphatic rings. The highest BCUT2D eigenvalue weighted by Gasteiger charge is 2.52.